The van der Waals surface area contributed by atoms with Crippen molar-refractivity contribution in [2.24, 2.45) is 5.92 Å². The number of carboxylic acids is 1. The van der Waals surface area contributed by atoms with E-state index < -0.39 is 24.0 Å². The van der Waals surface area contributed by atoms with Gasteiger partial charge in [0.15, 0.2) is 0 Å². The van der Waals surface area contributed by atoms with Gasteiger partial charge in [0, 0.05) is 22.5 Å². The Labute approximate surface area is 108 Å². The van der Waals surface area contributed by atoms with E-state index in [1.165, 1.54) is 0 Å². The molecule has 1 heterocycles. The Morgan fingerprint density at radius 1 is 1.35 bits per heavy atom. The first-order valence-electron chi connectivity index (χ1n) is 5.10. The summed E-state index contributed by atoms with van der Waals surface area (Å²) in [5, 5.41) is 22.3. The van der Waals surface area contributed by atoms with Crippen LogP contribution in [0.3, 0.4) is 0 Å². The molecule has 92 valence electrons. The van der Waals surface area contributed by atoms with Gasteiger partial charge in [-0.25, -0.2) is 0 Å². The predicted molar refractivity (Wildman–Crippen MR) is 64.3 cm³/mol. The Kier molecular flexibility index (Phi) is 3.58. The van der Waals surface area contributed by atoms with E-state index in [4.69, 9.17) is 28.3 Å². The number of halogens is 2. The minimum Gasteiger partial charge on any atom is -0.481 e. The maximum atomic E-state index is 11.1. The topological polar surface area (TPSA) is 69.6 Å². The summed E-state index contributed by atoms with van der Waals surface area (Å²) in [4.78, 5) is 11.1. The lowest BCUT2D eigenvalue weighted by Gasteiger charge is -2.19. The average molecular weight is 276 g/mol. The summed E-state index contributed by atoms with van der Waals surface area (Å²) >= 11 is 12.1. The molecule has 3 atom stereocenters. The number of aliphatic carboxylic acids is 1. The fourth-order valence-corrected chi connectivity index (χ4v) is 2.85. The van der Waals surface area contributed by atoms with Crippen LogP contribution in [0.1, 0.15) is 11.5 Å². The van der Waals surface area contributed by atoms with E-state index >= 15 is 0 Å². The van der Waals surface area contributed by atoms with Gasteiger partial charge in [-0.3, -0.25) is 10.1 Å². The van der Waals surface area contributed by atoms with E-state index in [0.29, 0.717) is 22.2 Å². The van der Waals surface area contributed by atoms with E-state index in [-0.39, 0.29) is 0 Å². The predicted octanol–water partition coefficient (Wildman–Crippen LogP) is 1.70. The van der Waals surface area contributed by atoms with Crippen molar-refractivity contribution in [1.82, 2.24) is 5.32 Å². The van der Waals surface area contributed by atoms with Gasteiger partial charge in [-0.1, -0.05) is 29.3 Å². The van der Waals surface area contributed by atoms with Gasteiger partial charge in [-0.2, -0.15) is 0 Å². The monoisotopic (exact) mass is 275 g/mol. The molecule has 1 fully saturated rings. The van der Waals surface area contributed by atoms with E-state index in [2.05, 4.69) is 5.32 Å². The SMILES string of the molecule is O=C(O)C1C(O)NCC1c1c(Cl)cccc1Cl. The summed E-state index contributed by atoms with van der Waals surface area (Å²) in [6.45, 7) is 0.335. The molecule has 0 aromatic heterocycles. The lowest BCUT2D eigenvalue weighted by molar-refractivity contribution is -0.145. The van der Waals surface area contributed by atoms with Gasteiger partial charge in [-0.15, -0.1) is 0 Å². The number of carbonyl (C=O) groups is 1. The number of aliphatic hydroxyl groups excluding tert-OH is 1. The molecule has 1 aliphatic rings. The molecule has 0 spiro atoms. The van der Waals surface area contributed by atoms with Gasteiger partial charge in [0.05, 0.1) is 0 Å². The third kappa shape index (κ3) is 2.26. The second-order valence-corrected chi connectivity index (χ2v) is 4.77. The van der Waals surface area contributed by atoms with Crippen molar-refractivity contribution in [3.63, 3.8) is 0 Å². The lowest BCUT2D eigenvalue weighted by atomic mass is 9.88. The normalized spacial score (nSPS) is 28.3. The first kappa shape index (κ1) is 12.6. The van der Waals surface area contributed by atoms with Gasteiger partial charge in [-0.05, 0) is 17.7 Å². The molecule has 0 saturated carbocycles. The number of carboxylic acid groups (broad SMARTS) is 1. The number of aliphatic hydroxyl groups is 1. The highest BCUT2D eigenvalue weighted by Crippen LogP contribution is 2.39. The number of benzene rings is 1. The highest BCUT2D eigenvalue weighted by atomic mass is 35.5. The fourth-order valence-electron chi connectivity index (χ4n) is 2.18. The van der Waals surface area contributed by atoms with Crippen LogP contribution >= 0.6 is 23.2 Å². The van der Waals surface area contributed by atoms with Crippen molar-refractivity contribution in [3.8, 4) is 0 Å². The standard InChI is InChI=1S/C11H11Cl2NO3/c12-6-2-1-3-7(13)8(6)5-4-14-10(15)9(5)11(16)17/h1-3,5,9-10,14-15H,4H2,(H,16,17). The molecule has 6 heteroatoms. The van der Waals surface area contributed by atoms with Crippen LogP contribution in [0, 0.1) is 5.92 Å². The zero-order valence-electron chi connectivity index (χ0n) is 8.73. The van der Waals surface area contributed by atoms with Crippen molar-refractivity contribution in [1.29, 1.82) is 0 Å². The zero-order valence-corrected chi connectivity index (χ0v) is 10.2. The van der Waals surface area contributed by atoms with Gasteiger partial charge >= 0.3 is 5.97 Å². The molecule has 3 unspecified atom stereocenters. The van der Waals surface area contributed by atoms with Crippen LogP contribution in [0.4, 0.5) is 0 Å². The summed E-state index contributed by atoms with van der Waals surface area (Å²) in [6, 6.07) is 5.02. The van der Waals surface area contributed by atoms with Crippen molar-refractivity contribution in [3.05, 3.63) is 33.8 Å². The molecule has 3 N–H and O–H groups in total. The maximum Gasteiger partial charge on any atom is 0.311 e. The van der Waals surface area contributed by atoms with E-state index in [1.807, 2.05) is 0 Å². The summed E-state index contributed by atoms with van der Waals surface area (Å²) in [5.41, 5.74) is 0.576. The molecule has 1 aromatic rings. The van der Waals surface area contributed by atoms with Crippen LogP contribution in [-0.4, -0.2) is 29.0 Å². The first-order valence-corrected chi connectivity index (χ1v) is 5.86. The first-order chi connectivity index (χ1) is 8.02. The molecule has 1 aliphatic heterocycles. The van der Waals surface area contributed by atoms with Gasteiger partial charge in [0.2, 0.25) is 0 Å². The Balaban J connectivity index is 2.43. The fraction of sp³-hybridized carbons (Fsp3) is 0.364. The maximum absolute atomic E-state index is 11.1. The van der Waals surface area contributed by atoms with Crippen LogP contribution in [0.15, 0.2) is 18.2 Å². The van der Waals surface area contributed by atoms with Crippen molar-refractivity contribution < 1.29 is 15.0 Å². The van der Waals surface area contributed by atoms with E-state index in [0.717, 1.165) is 0 Å². The molecule has 4 nitrogen and oxygen atoms in total. The third-order valence-electron chi connectivity index (χ3n) is 2.98. The number of hydrogen-bond donors (Lipinski definition) is 3. The van der Waals surface area contributed by atoms with Gasteiger partial charge in [0.1, 0.15) is 12.1 Å². The molecular weight excluding hydrogens is 265 g/mol. The largest absolute Gasteiger partial charge is 0.481 e. The highest BCUT2D eigenvalue weighted by molar-refractivity contribution is 6.36. The minimum atomic E-state index is -1.08. The van der Waals surface area contributed by atoms with Crippen LogP contribution in [0.5, 0.6) is 0 Å². The number of hydrogen-bond acceptors (Lipinski definition) is 3. The number of nitrogens with one attached hydrogen (secondary N) is 1. The molecule has 2 rings (SSSR count). The molecule has 0 amide bonds. The number of rotatable bonds is 2. The van der Waals surface area contributed by atoms with Crippen molar-refractivity contribution in [2.75, 3.05) is 6.54 Å². The molecular formula is C11H11Cl2NO3. The third-order valence-corrected chi connectivity index (χ3v) is 3.64. The van der Waals surface area contributed by atoms with Crippen molar-refractivity contribution in [2.45, 2.75) is 12.1 Å². The highest BCUT2D eigenvalue weighted by Gasteiger charge is 2.42. The Bertz CT molecular complexity index is 432. The molecule has 0 aliphatic carbocycles. The minimum absolute atomic E-state index is 0.335. The molecule has 1 aromatic carbocycles. The lowest BCUT2D eigenvalue weighted by Crippen LogP contribution is -2.32. The van der Waals surface area contributed by atoms with E-state index in [1.54, 1.807) is 18.2 Å². The van der Waals surface area contributed by atoms with Crippen LogP contribution in [-0.2, 0) is 4.79 Å². The van der Waals surface area contributed by atoms with Gasteiger partial charge < -0.3 is 10.2 Å². The van der Waals surface area contributed by atoms with E-state index in [9.17, 15) is 9.90 Å². The van der Waals surface area contributed by atoms with Crippen LogP contribution in [0.25, 0.3) is 0 Å². The molecule has 17 heavy (non-hydrogen) atoms. The summed E-state index contributed by atoms with van der Waals surface area (Å²) < 4.78 is 0. The summed E-state index contributed by atoms with van der Waals surface area (Å²) in [5.74, 6) is -2.43. The molecule has 0 radical (unpaired) electrons. The second-order valence-electron chi connectivity index (χ2n) is 3.96. The second kappa shape index (κ2) is 4.82. The van der Waals surface area contributed by atoms with Crippen LogP contribution < -0.4 is 5.32 Å². The quantitative estimate of drug-likeness (QED) is 0.769. The Morgan fingerprint density at radius 3 is 2.47 bits per heavy atom. The van der Waals surface area contributed by atoms with Crippen LogP contribution in [0.2, 0.25) is 10.0 Å². The zero-order chi connectivity index (χ0) is 12.6. The summed E-state index contributed by atoms with van der Waals surface area (Å²) in [7, 11) is 0. The molecule has 0 bridgehead atoms. The average Bonchev–Trinajstić information content (AvgIpc) is 2.60. The van der Waals surface area contributed by atoms with Gasteiger partial charge in [0.25, 0.3) is 0 Å². The Morgan fingerprint density at radius 2 is 1.94 bits per heavy atom. The smallest absolute Gasteiger partial charge is 0.311 e. The van der Waals surface area contributed by atoms with Crippen molar-refractivity contribution >= 4 is 29.2 Å². The summed E-state index contributed by atoms with van der Waals surface area (Å²) in [6.07, 6.45) is -1.08. The molecule has 1 saturated heterocycles. The Hall–Kier alpha value is -0.810.